The zero-order valence-corrected chi connectivity index (χ0v) is 11.5. The number of nitrogen functional groups attached to an aromatic ring is 1. The first-order chi connectivity index (χ1) is 9.81. The Morgan fingerprint density at radius 1 is 1.71 bits per heavy atom. The van der Waals surface area contributed by atoms with Gasteiger partial charge >= 0.3 is 5.69 Å². The lowest BCUT2D eigenvalue weighted by Crippen LogP contribution is -2.46. The van der Waals surface area contributed by atoms with Gasteiger partial charge in [0.15, 0.2) is 0 Å². The van der Waals surface area contributed by atoms with Gasteiger partial charge in [-0.3, -0.25) is 0 Å². The predicted molar refractivity (Wildman–Crippen MR) is 69.8 cm³/mol. The molecule has 1 aliphatic rings. The minimum Gasteiger partial charge on any atom is -0.391 e. The van der Waals surface area contributed by atoms with Crippen molar-refractivity contribution in [3.63, 3.8) is 0 Å². The van der Waals surface area contributed by atoms with Gasteiger partial charge in [0.2, 0.25) is 11.9 Å². The standard InChI is InChI=1S/C11H12ClFN4O4/c1-5(18)7-8(19)11(13,2-3-12)9(21-7)17-10(20)16-6(14)4-15-17/h4-5,7-9,18-19H,1H3,(H2,14,16,20)/t5-,7-,8+,9-,11?/m1/s1. The number of aliphatic hydroxyl groups excluding tert-OH is 2. The van der Waals surface area contributed by atoms with Gasteiger partial charge in [0.1, 0.15) is 18.0 Å². The van der Waals surface area contributed by atoms with Gasteiger partial charge in [-0.1, -0.05) is 0 Å². The second kappa shape index (κ2) is 5.57. The van der Waals surface area contributed by atoms with Gasteiger partial charge in [0.05, 0.1) is 12.3 Å². The lowest BCUT2D eigenvalue weighted by Gasteiger charge is -2.22. The third kappa shape index (κ3) is 2.58. The molecule has 0 saturated carbocycles. The number of halogens is 2. The fourth-order valence-corrected chi connectivity index (χ4v) is 2.20. The summed E-state index contributed by atoms with van der Waals surface area (Å²) in [5.74, 6) is 1.79. The predicted octanol–water partition coefficient (Wildman–Crippen LogP) is -1.23. The van der Waals surface area contributed by atoms with Crippen LogP contribution in [0.1, 0.15) is 13.2 Å². The molecule has 0 radical (unpaired) electrons. The molecule has 1 saturated heterocycles. The van der Waals surface area contributed by atoms with Crippen LogP contribution in [-0.4, -0.2) is 49.0 Å². The Hall–Kier alpha value is -1.73. The quantitative estimate of drug-likeness (QED) is 0.583. The number of nitrogens with zero attached hydrogens (tertiary/aromatic N) is 3. The number of aliphatic hydroxyl groups is 2. The zero-order chi connectivity index (χ0) is 15.8. The summed E-state index contributed by atoms with van der Waals surface area (Å²) in [6, 6.07) is 0. The Morgan fingerprint density at radius 3 is 2.90 bits per heavy atom. The Bertz CT molecular complexity index is 658. The smallest absolute Gasteiger partial charge is 0.368 e. The van der Waals surface area contributed by atoms with Crippen LogP contribution in [0.4, 0.5) is 10.2 Å². The van der Waals surface area contributed by atoms with Crippen LogP contribution in [0.3, 0.4) is 0 Å². The summed E-state index contributed by atoms with van der Waals surface area (Å²) in [4.78, 5) is 15.1. The summed E-state index contributed by atoms with van der Waals surface area (Å²) < 4.78 is 20.7. The topological polar surface area (TPSA) is 123 Å². The summed E-state index contributed by atoms with van der Waals surface area (Å²) >= 11 is 5.21. The van der Waals surface area contributed by atoms with Gasteiger partial charge in [0.25, 0.3) is 0 Å². The van der Waals surface area contributed by atoms with Crippen LogP contribution in [0.5, 0.6) is 0 Å². The van der Waals surface area contributed by atoms with Crippen molar-refractivity contribution in [2.24, 2.45) is 0 Å². The molecule has 4 N–H and O–H groups in total. The molecule has 1 aromatic rings. The average molecular weight is 319 g/mol. The minimum atomic E-state index is -2.74. The van der Waals surface area contributed by atoms with E-state index in [9.17, 15) is 19.4 Å². The maximum absolute atomic E-state index is 14.9. The molecule has 1 aliphatic heterocycles. The number of hydrogen-bond acceptors (Lipinski definition) is 7. The fourth-order valence-electron chi connectivity index (χ4n) is 2.05. The molecule has 1 unspecified atom stereocenters. The molecule has 1 fully saturated rings. The van der Waals surface area contributed by atoms with Crippen molar-refractivity contribution in [1.82, 2.24) is 14.8 Å². The average Bonchev–Trinajstić information content (AvgIpc) is 2.64. The summed E-state index contributed by atoms with van der Waals surface area (Å²) in [7, 11) is 0. The molecule has 2 rings (SSSR count). The van der Waals surface area contributed by atoms with E-state index in [-0.39, 0.29) is 5.82 Å². The van der Waals surface area contributed by atoms with E-state index in [1.807, 2.05) is 11.3 Å². The highest BCUT2D eigenvalue weighted by Crippen LogP contribution is 2.41. The second-order valence-electron chi connectivity index (χ2n) is 4.53. The molecule has 0 amide bonds. The van der Waals surface area contributed by atoms with Crippen molar-refractivity contribution >= 4 is 17.4 Å². The van der Waals surface area contributed by atoms with Crippen LogP contribution < -0.4 is 11.4 Å². The molecule has 10 heteroatoms. The van der Waals surface area contributed by atoms with E-state index in [0.29, 0.717) is 4.68 Å². The lowest BCUT2D eigenvalue weighted by atomic mass is 9.95. The van der Waals surface area contributed by atoms with Gasteiger partial charge < -0.3 is 20.7 Å². The van der Waals surface area contributed by atoms with E-state index in [0.717, 1.165) is 6.20 Å². The molecule has 8 nitrogen and oxygen atoms in total. The maximum atomic E-state index is 14.9. The third-order valence-electron chi connectivity index (χ3n) is 3.06. The van der Waals surface area contributed by atoms with Gasteiger partial charge in [-0.15, -0.1) is 0 Å². The first-order valence-corrected chi connectivity index (χ1v) is 6.23. The first-order valence-electron chi connectivity index (χ1n) is 5.86. The van der Waals surface area contributed by atoms with E-state index in [4.69, 9.17) is 22.1 Å². The number of anilines is 1. The highest BCUT2D eigenvalue weighted by molar-refractivity contribution is 6.30. The molecule has 114 valence electrons. The third-order valence-corrected chi connectivity index (χ3v) is 3.15. The molecular weight excluding hydrogens is 307 g/mol. The maximum Gasteiger partial charge on any atom is 0.368 e. The summed E-state index contributed by atoms with van der Waals surface area (Å²) in [6.45, 7) is 1.29. The zero-order valence-electron chi connectivity index (χ0n) is 10.8. The Morgan fingerprint density at radius 2 is 2.38 bits per heavy atom. The van der Waals surface area contributed by atoms with Gasteiger partial charge in [-0.2, -0.15) is 14.8 Å². The van der Waals surface area contributed by atoms with Crippen molar-refractivity contribution in [1.29, 1.82) is 0 Å². The van der Waals surface area contributed by atoms with Gasteiger partial charge in [-0.05, 0) is 24.4 Å². The second-order valence-corrected chi connectivity index (χ2v) is 4.72. The summed E-state index contributed by atoms with van der Waals surface area (Å²) in [5, 5.41) is 24.9. The van der Waals surface area contributed by atoms with E-state index < -0.39 is 35.9 Å². The molecule has 0 aromatic carbocycles. The number of rotatable bonds is 2. The van der Waals surface area contributed by atoms with Crippen LogP contribution >= 0.6 is 11.6 Å². The van der Waals surface area contributed by atoms with Gasteiger partial charge in [-0.25, -0.2) is 9.18 Å². The highest BCUT2D eigenvalue weighted by atomic mass is 35.5. The number of ether oxygens (including phenoxy) is 1. The molecule has 2 heterocycles. The van der Waals surface area contributed by atoms with E-state index in [1.54, 1.807) is 0 Å². The normalized spacial score (nSPS) is 33.3. The highest BCUT2D eigenvalue weighted by Gasteiger charge is 2.59. The Balaban J connectivity index is 2.54. The van der Waals surface area contributed by atoms with E-state index in [1.165, 1.54) is 6.92 Å². The van der Waals surface area contributed by atoms with E-state index in [2.05, 4.69) is 10.1 Å². The van der Waals surface area contributed by atoms with Crippen molar-refractivity contribution < 1.29 is 19.3 Å². The number of hydrogen-bond donors (Lipinski definition) is 3. The van der Waals surface area contributed by atoms with Crippen LogP contribution in [0.2, 0.25) is 0 Å². The fraction of sp³-hybridized carbons (Fsp3) is 0.545. The van der Waals surface area contributed by atoms with Crippen molar-refractivity contribution in [3.8, 4) is 11.3 Å². The molecule has 21 heavy (non-hydrogen) atoms. The van der Waals surface area contributed by atoms with Crippen LogP contribution in [0.25, 0.3) is 0 Å². The van der Waals surface area contributed by atoms with Crippen molar-refractivity contribution in [2.45, 2.75) is 37.1 Å². The number of alkyl halides is 1. The monoisotopic (exact) mass is 318 g/mol. The lowest BCUT2D eigenvalue weighted by molar-refractivity contribution is -0.0849. The van der Waals surface area contributed by atoms with Crippen molar-refractivity contribution in [3.05, 3.63) is 16.7 Å². The van der Waals surface area contributed by atoms with Crippen LogP contribution in [0.15, 0.2) is 11.0 Å². The summed E-state index contributed by atoms with van der Waals surface area (Å²) in [6.07, 6.45) is -5.07. The van der Waals surface area contributed by atoms with Crippen molar-refractivity contribution in [2.75, 3.05) is 5.73 Å². The first kappa shape index (κ1) is 15.7. The number of nitrogens with two attached hydrogens (primary N) is 1. The molecule has 0 spiro atoms. The van der Waals surface area contributed by atoms with E-state index >= 15 is 0 Å². The van der Waals surface area contributed by atoms with Crippen LogP contribution in [-0.2, 0) is 4.74 Å². The molecule has 5 atom stereocenters. The number of aromatic nitrogens is 3. The Kier molecular flexibility index (Phi) is 4.15. The molecule has 1 aromatic heterocycles. The molecular formula is C11H12ClFN4O4. The van der Waals surface area contributed by atoms with Crippen LogP contribution in [0, 0.1) is 11.3 Å². The molecule has 0 aliphatic carbocycles. The SMILES string of the molecule is C[C@@H](O)[C@H]1O[C@@H](n2ncc(N)nc2=O)C(F)(C#CCl)[C@H]1O. The minimum absolute atomic E-state index is 0.158. The Labute approximate surface area is 123 Å². The summed E-state index contributed by atoms with van der Waals surface area (Å²) in [5.41, 5.74) is 1.57. The molecule has 0 bridgehead atoms. The van der Waals surface area contributed by atoms with Gasteiger partial charge in [0, 0.05) is 5.38 Å². The largest absolute Gasteiger partial charge is 0.391 e.